The van der Waals surface area contributed by atoms with E-state index in [0.29, 0.717) is 26.4 Å². The maximum Gasteiger partial charge on any atom is 0.138 e. The number of aromatic nitrogens is 1. The lowest BCUT2D eigenvalue weighted by Gasteiger charge is -2.38. The van der Waals surface area contributed by atoms with Gasteiger partial charge in [-0.25, -0.2) is 4.39 Å². The molecule has 0 radical (unpaired) electrons. The molecule has 3 N–H and O–H groups in total. The Morgan fingerprint density at radius 1 is 1.26 bits per heavy atom. The minimum absolute atomic E-state index is 0.0496. The molecule has 2 heterocycles. The minimum Gasteiger partial charge on any atom is -0.490 e. The number of halogens is 2. The summed E-state index contributed by atoms with van der Waals surface area (Å²) in [7, 11) is 0. The summed E-state index contributed by atoms with van der Waals surface area (Å²) in [5.41, 5.74) is 7.29. The van der Waals surface area contributed by atoms with Crippen LogP contribution in [0.1, 0.15) is 18.4 Å². The number of ether oxygens (including phenoxy) is 2. The summed E-state index contributed by atoms with van der Waals surface area (Å²) in [6.45, 7) is 3.27. The number of nitrogens with one attached hydrogen (secondary N) is 1. The molecule has 1 saturated heterocycles. The normalized spacial score (nSPS) is 17.4. The van der Waals surface area contributed by atoms with Crippen LogP contribution in [0.15, 0.2) is 42.7 Å². The molecule has 146 valence electrons. The van der Waals surface area contributed by atoms with E-state index in [-0.39, 0.29) is 17.3 Å². The smallest absolute Gasteiger partial charge is 0.138 e. The van der Waals surface area contributed by atoms with E-state index in [9.17, 15) is 4.39 Å². The predicted octanol–water partition coefficient (Wildman–Crippen LogP) is 2.87. The number of benzene rings is 1. The standard InChI is InChI=1S/C20H25FIN3O2/c21-16-3-1-15(2-4-16)20(5-7-26-8-6-20)14-25-11-18(23)13-27-19-9-17(22)10-24-12-19/h1-4,9-10,12,18,25H,5-8,11,13-14,23H2/t18-/m0/s1. The average Bonchev–Trinajstić information content (AvgIpc) is 2.68. The van der Waals surface area contributed by atoms with E-state index in [1.54, 1.807) is 12.4 Å². The molecule has 0 spiro atoms. The van der Waals surface area contributed by atoms with Crippen LogP contribution in [0.2, 0.25) is 0 Å². The number of nitrogens with zero attached hydrogens (tertiary/aromatic N) is 1. The zero-order valence-electron chi connectivity index (χ0n) is 15.2. The molecule has 1 aromatic carbocycles. The molecule has 5 nitrogen and oxygen atoms in total. The van der Waals surface area contributed by atoms with Gasteiger partial charge in [-0.1, -0.05) is 12.1 Å². The third kappa shape index (κ3) is 5.84. The van der Waals surface area contributed by atoms with Crippen molar-refractivity contribution in [3.63, 3.8) is 0 Å². The number of hydrogen-bond acceptors (Lipinski definition) is 5. The number of hydrogen-bond donors (Lipinski definition) is 2. The quantitative estimate of drug-likeness (QED) is 0.563. The molecule has 1 atom stereocenters. The Kier molecular flexibility index (Phi) is 7.40. The highest BCUT2D eigenvalue weighted by atomic mass is 127. The first kappa shape index (κ1) is 20.4. The molecule has 1 fully saturated rings. The van der Waals surface area contributed by atoms with Gasteiger partial charge in [0.15, 0.2) is 0 Å². The van der Waals surface area contributed by atoms with Crippen LogP contribution in [0.3, 0.4) is 0 Å². The molecule has 7 heteroatoms. The molecule has 3 rings (SSSR count). The fraction of sp³-hybridized carbons (Fsp3) is 0.450. The van der Waals surface area contributed by atoms with Gasteiger partial charge in [0.25, 0.3) is 0 Å². The number of rotatable bonds is 8. The molecule has 1 aromatic heterocycles. The molecule has 0 amide bonds. The average molecular weight is 485 g/mol. The molecule has 0 aliphatic carbocycles. The van der Waals surface area contributed by atoms with Crippen LogP contribution < -0.4 is 15.8 Å². The van der Waals surface area contributed by atoms with Crippen LogP contribution >= 0.6 is 22.6 Å². The van der Waals surface area contributed by atoms with E-state index < -0.39 is 0 Å². The largest absolute Gasteiger partial charge is 0.490 e. The monoisotopic (exact) mass is 485 g/mol. The van der Waals surface area contributed by atoms with Gasteiger partial charge in [-0.3, -0.25) is 4.98 Å². The Balaban J connectivity index is 1.52. The summed E-state index contributed by atoms with van der Waals surface area (Å²) < 4.78 is 25.6. The van der Waals surface area contributed by atoms with E-state index in [2.05, 4.69) is 32.9 Å². The Hall–Kier alpha value is -1.29. The van der Waals surface area contributed by atoms with Gasteiger partial charge in [-0.15, -0.1) is 0 Å². The van der Waals surface area contributed by atoms with Crippen molar-refractivity contribution >= 4 is 22.6 Å². The number of pyridine rings is 1. The Labute approximate surface area is 173 Å². The summed E-state index contributed by atoms with van der Waals surface area (Å²) in [6.07, 6.45) is 5.28. The lowest BCUT2D eigenvalue weighted by atomic mass is 9.74. The Bertz CT molecular complexity index is 723. The molecular formula is C20H25FIN3O2. The van der Waals surface area contributed by atoms with Gasteiger partial charge in [0.2, 0.25) is 0 Å². The summed E-state index contributed by atoms with van der Waals surface area (Å²) in [6, 6.07) is 8.63. The summed E-state index contributed by atoms with van der Waals surface area (Å²) in [5.74, 6) is 0.516. The van der Waals surface area contributed by atoms with E-state index in [4.69, 9.17) is 15.2 Å². The molecule has 0 bridgehead atoms. The number of nitrogens with two attached hydrogens (primary N) is 1. The van der Waals surface area contributed by atoms with Gasteiger partial charge >= 0.3 is 0 Å². The highest BCUT2D eigenvalue weighted by molar-refractivity contribution is 14.1. The van der Waals surface area contributed by atoms with Crippen molar-refractivity contribution in [2.75, 3.05) is 32.9 Å². The molecule has 0 unspecified atom stereocenters. The third-order valence-corrected chi connectivity index (χ3v) is 5.51. The Morgan fingerprint density at radius 3 is 2.70 bits per heavy atom. The van der Waals surface area contributed by atoms with E-state index >= 15 is 0 Å². The summed E-state index contributed by atoms with van der Waals surface area (Å²) >= 11 is 2.20. The Morgan fingerprint density at radius 2 is 2.00 bits per heavy atom. The maximum absolute atomic E-state index is 13.3. The fourth-order valence-corrected chi connectivity index (χ4v) is 3.83. The molecule has 2 aromatic rings. The molecule has 27 heavy (non-hydrogen) atoms. The minimum atomic E-state index is -0.210. The van der Waals surface area contributed by atoms with Gasteiger partial charge in [0.05, 0.1) is 12.2 Å². The first-order valence-electron chi connectivity index (χ1n) is 9.11. The van der Waals surface area contributed by atoms with Crippen molar-refractivity contribution in [2.24, 2.45) is 5.73 Å². The topological polar surface area (TPSA) is 69.4 Å². The van der Waals surface area contributed by atoms with Gasteiger partial charge in [0.1, 0.15) is 18.2 Å². The first-order valence-corrected chi connectivity index (χ1v) is 10.2. The van der Waals surface area contributed by atoms with Crippen molar-refractivity contribution in [2.45, 2.75) is 24.3 Å². The fourth-order valence-electron chi connectivity index (χ4n) is 3.36. The summed E-state index contributed by atoms with van der Waals surface area (Å²) in [5, 5.41) is 3.49. The molecule has 1 aliphatic heterocycles. The van der Waals surface area contributed by atoms with Crippen LogP contribution in [0.4, 0.5) is 4.39 Å². The van der Waals surface area contributed by atoms with E-state index in [1.165, 1.54) is 12.1 Å². The maximum atomic E-state index is 13.3. The van der Waals surface area contributed by atoms with Crippen molar-refractivity contribution < 1.29 is 13.9 Å². The zero-order chi connectivity index (χ0) is 19.1. The molecular weight excluding hydrogens is 460 g/mol. The molecule has 1 aliphatic rings. The van der Waals surface area contributed by atoms with Crippen LogP contribution in [-0.2, 0) is 10.2 Å². The van der Waals surface area contributed by atoms with Crippen molar-refractivity contribution in [3.05, 3.63) is 57.7 Å². The predicted molar refractivity (Wildman–Crippen MR) is 111 cm³/mol. The van der Waals surface area contributed by atoms with Gasteiger partial charge in [-0.2, -0.15) is 0 Å². The zero-order valence-corrected chi connectivity index (χ0v) is 17.3. The SMILES string of the molecule is N[C@@H](CNCC1(c2ccc(F)cc2)CCOCC1)COc1cncc(I)c1. The second kappa shape index (κ2) is 9.77. The van der Waals surface area contributed by atoms with Crippen molar-refractivity contribution in [1.29, 1.82) is 0 Å². The lowest BCUT2D eigenvalue weighted by molar-refractivity contribution is 0.0497. The highest BCUT2D eigenvalue weighted by Gasteiger charge is 2.34. The van der Waals surface area contributed by atoms with Crippen molar-refractivity contribution in [1.82, 2.24) is 10.3 Å². The van der Waals surface area contributed by atoms with Crippen LogP contribution in [0, 0.1) is 9.39 Å². The lowest BCUT2D eigenvalue weighted by Crippen LogP contribution is -2.47. The van der Waals surface area contributed by atoms with Crippen molar-refractivity contribution in [3.8, 4) is 5.75 Å². The second-order valence-corrected chi connectivity index (χ2v) is 8.19. The van der Waals surface area contributed by atoms with Gasteiger partial charge in [-0.05, 0) is 59.2 Å². The van der Waals surface area contributed by atoms with E-state index in [1.807, 2.05) is 18.2 Å². The van der Waals surface area contributed by atoms with Crippen LogP contribution in [0.25, 0.3) is 0 Å². The summed E-state index contributed by atoms with van der Waals surface area (Å²) in [4.78, 5) is 4.11. The van der Waals surface area contributed by atoms with E-state index in [0.717, 1.165) is 34.3 Å². The molecule has 0 saturated carbocycles. The van der Waals surface area contributed by atoms with Crippen LogP contribution in [0.5, 0.6) is 5.75 Å². The second-order valence-electron chi connectivity index (χ2n) is 6.94. The first-order chi connectivity index (χ1) is 13.1. The van der Waals surface area contributed by atoms with Gasteiger partial charge < -0.3 is 20.5 Å². The van der Waals surface area contributed by atoms with Crippen LogP contribution in [-0.4, -0.2) is 43.9 Å². The van der Waals surface area contributed by atoms with Gasteiger partial charge in [0, 0.05) is 41.5 Å². The highest BCUT2D eigenvalue weighted by Crippen LogP contribution is 2.34. The third-order valence-electron chi connectivity index (χ3n) is 4.92.